The van der Waals surface area contributed by atoms with Gasteiger partial charge in [-0.25, -0.2) is 8.42 Å². The molecule has 0 saturated heterocycles. The van der Waals surface area contributed by atoms with Crippen molar-refractivity contribution in [3.05, 3.63) is 29.3 Å². The van der Waals surface area contributed by atoms with Gasteiger partial charge in [-0.1, -0.05) is 44.5 Å². The fourth-order valence-corrected chi connectivity index (χ4v) is 3.26. The van der Waals surface area contributed by atoms with Crippen molar-refractivity contribution in [2.75, 3.05) is 12.4 Å². The summed E-state index contributed by atoms with van der Waals surface area (Å²) in [4.78, 5) is 0. The Morgan fingerprint density at radius 2 is 1.84 bits per heavy atom. The van der Waals surface area contributed by atoms with Crippen LogP contribution in [0, 0.1) is 11.3 Å². The Labute approximate surface area is 124 Å². The summed E-state index contributed by atoms with van der Waals surface area (Å²) in [6, 6.07) is 7.09. The lowest BCUT2D eigenvalue weighted by Gasteiger charge is -2.29. The van der Waals surface area contributed by atoms with Gasteiger partial charge in [-0.2, -0.15) is 0 Å². The van der Waals surface area contributed by atoms with Gasteiger partial charge in [0.2, 0.25) is 9.05 Å². The summed E-state index contributed by atoms with van der Waals surface area (Å²) in [5, 5.41) is 0.504. The minimum atomic E-state index is -3.56. The van der Waals surface area contributed by atoms with Gasteiger partial charge in [0, 0.05) is 16.6 Å². The monoisotopic (exact) mass is 324 g/mol. The smallest absolute Gasteiger partial charge is 0.233 e. The second-order valence-electron chi connectivity index (χ2n) is 5.51. The minimum absolute atomic E-state index is 0.123. The fraction of sp³-hybridized carbons (Fsp3) is 0.538. The van der Waals surface area contributed by atoms with Crippen molar-refractivity contribution < 1.29 is 13.2 Å². The standard InChI is InChI=1S/C13H18Cl2O3S/c1-13(2,3)10(9-19(15,16)17)8-18-12-7-5-4-6-11(12)14/h4-7,10H,8-9H2,1-3H3. The molecule has 1 aromatic rings. The van der Waals surface area contributed by atoms with Crippen molar-refractivity contribution in [2.24, 2.45) is 11.3 Å². The fourth-order valence-electron chi connectivity index (χ4n) is 1.54. The second kappa shape index (κ2) is 6.33. The highest BCUT2D eigenvalue weighted by Gasteiger charge is 2.29. The summed E-state index contributed by atoms with van der Waals surface area (Å²) in [6.45, 7) is 6.11. The number of para-hydroxylation sites is 1. The van der Waals surface area contributed by atoms with Crippen LogP contribution >= 0.6 is 22.3 Å². The Morgan fingerprint density at radius 3 is 2.32 bits per heavy atom. The van der Waals surface area contributed by atoms with Crippen LogP contribution in [-0.2, 0) is 9.05 Å². The molecule has 0 bridgehead atoms. The lowest BCUT2D eigenvalue weighted by molar-refractivity contribution is 0.163. The average molecular weight is 325 g/mol. The third-order valence-corrected chi connectivity index (χ3v) is 4.39. The summed E-state index contributed by atoms with van der Waals surface area (Å²) in [5.74, 6) is 0.208. The summed E-state index contributed by atoms with van der Waals surface area (Å²) in [5.41, 5.74) is -0.233. The molecule has 0 aliphatic heterocycles. The van der Waals surface area contributed by atoms with E-state index in [0.29, 0.717) is 10.8 Å². The number of halogens is 2. The molecule has 0 aliphatic carbocycles. The molecule has 1 rings (SSSR count). The Balaban J connectivity index is 2.77. The van der Waals surface area contributed by atoms with E-state index < -0.39 is 9.05 Å². The summed E-state index contributed by atoms with van der Waals surface area (Å²) >= 11 is 5.99. The number of rotatable bonds is 5. The lowest BCUT2D eigenvalue weighted by Crippen LogP contribution is -2.31. The predicted molar refractivity (Wildman–Crippen MR) is 79.5 cm³/mol. The lowest BCUT2D eigenvalue weighted by atomic mass is 9.82. The van der Waals surface area contributed by atoms with Crippen LogP contribution in [0.3, 0.4) is 0 Å². The molecule has 0 N–H and O–H groups in total. The van der Waals surface area contributed by atoms with E-state index in [1.807, 2.05) is 26.8 Å². The van der Waals surface area contributed by atoms with Crippen LogP contribution in [0.1, 0.15) is 20.8 Å². The van der Waals surface area contributed by atoms with Gasteiger partial charge in [0.25, 0.3) is 0 Å². The molecule has 0 aliphatic rings. The first-order valence-electron chi connectivity index (χ1n) is 5.89. The van der Waals surface area contributed by atoms with E-state index in [-0.39, 0.29) is 23.7 Å². The maximum atomic E-state index is 11.3. The van der Waals surface area contributed by atoms with Crippen LogP contribution in [0.25, 0.3) is 0 Å². The third kappa shape index (κ3) is 6.02. The van der Waals surface area contributed by atoms with Gasteiger partial charge in [-0.3, -0.25) is 0 Å². The molecule has 0 aromatic heterocycles. The summed E-state index contributed by atoms with van der Waals surface area (Å²) in [6.07, 6.45) is 0. The molecule has 19 heavy (non-hydrogen) atoms. The van der Waals surface area contributed by atoms with Gasteiger partial charge < -0.3 is 4.74 Å². The van der Waals surface area contributed by atoms with Gasteiger partial charge in [0.15, 0.2) is 0 Å². The molecule has 0 saturated carbocycles. The van der Waals surface area contributed by atoms with Crippen LogP contribution in [0.15, 0.2) is 24.3 Å². The first-order chi connectivity index (χ1) is 8.59. The zero-order valence-electron chi connectivity index (χ0n) is 11.2. The molecule has 6 heteroatoms. The van der Waals surface area contributed by atoms with Crippen molar-refractivity contribution in [1.82, 2.24) is 0 Å². The SMILES string of the molecule is CC(C)(C)C(COc1ccccc1Cl)CS(=O)(=O)Cl. The van der Waals surface area contributed by atoms with Gasteiger partial charge in [-0.05, 0) is 17.5 Å². The van der Waals surface area contributed by atoms with Crippen LogP contribution in [0.2, 0.25) is 5.02 Å². The summed E-state index contributed by atoms with van der Waals surface area (Å²) in [7, 11) is 1.78. The molecular weight excluding hydrogens is 307 g/mol. The van der Waals surface area contributed by atoms with E-state index in [1.165, 1.54) is 0 Å². The highest BCUT2D eigenvalue weighted by atomic mass is 35.7. The van der Waals surface area contributed by atoms with E-state index in [1.54, 1.807) is 18.2 Å². The molecule has 1 aromatic carbocycles. The molecular formula is C13H18Cl2O3S. The zero-order chi connectivity index (χ0) is 14.7. The molecule has 1 atom stereocenters. The molecule has 1 unspecified atom stereocenters. The Bertz CT molecular complexity index is 521. The molecule has 0 radical (unpaired) electrons. The van der Waals surface area contributed by atoms with E-state index in [4.69, 9.17) is 27.0 Å². The van der Waals surface area contributed by atoms with Crippen LogP contribution in [0.4, 0.5) is 0 Å². The average Bonchev–Trinajstić information content (AvgIpc) is 2.23. The number of hydrogen-bond donors (Lipinski definition) is 0. The molecule has 0 spiro atoms. The zero-order valence-corrected chi connectivity index (χ0v) is 13.5. The van der Waals surface area contributed by atoms with Crippen molar-refractivity contribution in [3.8, 4) is 5.75 Å². The number of benzene rings is 1. The summed E-state index contributed by atoms with van der Waals surface area (Å²) < 4.78 is 28.1. The molecule has 0 fully saturated rings. The van der Waals surface area contributed by atoms with E-state index >= 15 is 0 Å². The van der Waals surface area contributed by atoms with Crippen molar-refractivity contribution in [1.29, 1.82) is 0 Å². The quantitative estimate of drug-likeness (QED) is 0.770. The van der Waals surface area contributed by atoms with E-state index in [9.17, 15) is 8.42 Å². The largest absolute Gasteiger partial charge is 0.492 e. The van der Waals surface area contributed by atoms with Crippen LogP contribution in [0.5, 0.6) is 5.75 Å². The van der Waals surface area contributed by atoms with Gasteiger partial charge in [0.1, 0.15) is 5.75 Å². The minimum Gasteiger partial charge on any atom is -0.492 e. The van der Waals surface area contributed by atoms with Gasteiger partial charge in [0.05, 0.1) is 17.4 Å². The van der Waals surface area contributed by atoms with Gasteiger partial charge >= 0.3 is 0 Å². The molecule has 0 amide bonds. The van der Waals surface area contributed by atoms with Crippen LogP contribution in [-0.4, -0.2) is 20.8 Å². The normalized spacial score (nSPS) is 14.2. The van der Waals surface area contributed by atoms with Crippen molar-refractivity contribution >= 4 is 31.3 Å². The maximum absolute atomic E-state index is 11.3. The second-order valence-corrected chi connectivity index (χ2v) is 8.74. The highest BCUT2D eigenvalue weighted by Crippen LogP contribution is 2.30. The molecule has 0 heterocycles. The Hall–Kier alpha value is -0.450. The Kier molecular flexibility index (Phi) is 5.53. The molecule has 108 valence electrons. The topological polar surface area (TPSA) is 43.4 Å². The van der Waals surface area contributed by atoms with E-state index in [0.717, 1.165) is 0 Å². The van der Waals surface area contributed by atoms with Gasteiger partial charge in [-0.15, -0.1) is 0 Å². The highest BCUT2D eigenvalue weighted by molar-refractivity contribution is 8.13. The number of ether oxygens (including phenoxy) is 1. The maximum Gasteiger partial charge on any atom is 0.233 e. The van der Waals surface area contributed by atoms with Crippen LogP contribution < -0.4 is 4.74 Å². The van der Waals surface area contributed by atoms with Crippen molar-refractivity contribution in [3.63, 3.8) is 0 Å². The first kappa shape index (κ1) is 16.6. The van der Waals surface area contributed by atoms with Crippen molar-refractivity contribution in [2.45, 2.75) is 20.8 Å². The Morgan fingerprint density at radius 1 is 1.26 bits per heavy atom. The number of hydrogen-bond acceptors (Lipinski definition) is 3. The predicted octanol–water partition coefficient (Wildman–Crippen LogP) is 3.95. The van der Waals surface area contributed by atoms with E-state index in [2.05, 4.69) is 0 Å². The molecule has 3 nitrogen and oxygen atoms in total. The third-order valence-electron chi connectivity index (χ3n) is 2.90. The first-order valence-corrected chi connectivity index (χ1v) is 8.75.